The van der Waals surface area contributed by atoms with Crippen molar-refractivity contribution in [3.8, 4) is 0 Å². The third kappa shape index (κ3) is 5.65. The molecule has 1 atom stereocenters. The Kier molecular flexibility index (Phi) is 6.23. The van der Waals surface area contributed by atoms with Gasteiger partial charge in [-0.05, 0) is 26.2 Å². The molecule has 23 heavy (non-hydrogen) atoms. The lowest BCUT2D eigenvalue weighted by Crippen LogP contribution is -2.49. The van der Waals surface area contributed by atoms with E-state index in [1.54, 1.807) is 11.8 Å². The van der Waals surface area contributed by atoms with Crippen molar-refractivity contribution in [1.82, 2.24) is 15.5 Å². The van der Waals surface area contributed by atoms with E-state index in [0.717, 1.165) is 0 Å². The second kappa shape index (κ2) is 7.96. The third-order valence-electron chi connectivity index (χ3n) is 4.17. The SMILES string of the molecule is CCOC(=O)N1CCC(NC(=O)CNC2CCS(=O)(=O)C2)CC1. The van der Waals surface area contributed by atoms with E-state index in [1.165, 1.54) is 0 Å². The molecule has 2 rings (SSSR count). The Morgan fingerprint density at radius 1 is 1.17 bits per heavy atom. The summed E-state index contributed by atoms with van der Waals surface area (Å²) < 4.78 is 27.7. The van der Waals surface area contributed by atoms with Crippen LogP contribution in [-0.4, -0.2) is 75.1 Å². The van der Waals surface area contributed by atoms with Crippen molar-refractivity contribution in [1.29, 1.82) is 0 Å². The van der Waals surface area contributed by atoms with Crippen LogP contribution in [0.3, 0.4) is 0 Å². The van der Waals surface area contributed by atoms with Gasteiger partial charge in [0.1, 0.15) is 0 Å². The highest BCUT2D eigenvalue weighted by Gasteiger charge is 2.28. The lowest BCUT2D eigenvalue weighted by atomic mass is 10.1. The standard InChI is InChI=1S/C14H25N3O5S/c1-2-22-14(19)17-6-3-11(4-7-17)16-13(18)9-15-12-5-8-23(20,21)10-12/h11-12,15H,2-10H2,1H3,(H,16,18). The maximum atomic E-state index is 11.9. The van der Waals surface area contributed by atoms with E-state index in [4.69, 9.17) is 4.74 Å². The van der Waals surface area contributed by atoms with Crippen LogP contribution >= 0.6 is 0 Å². The lowest BCUT2D eigenvalue weighted by Gasteiger charge is -2.31. The fourth-order valence-electron chi connectivity index (χ4n) is 2.89. The molecular weight excluding hydrogens is 322 g/mol. The Labute approximate surface area is 136 Å². The van der Waals surface area contributed by atoms with Crippen molar-refractivity contribution in [3.63, 3.8) is 0 Å². The second-order valence-corrected chi connectivity index (χ2v) is 8.24. The van der Waals surface area contributed by atoms with E-state index in [2.05, 4.69) is 10.6 Å². The van der Waals surface area contributed by atoms with Crippen molar-refractivity contribution in [3.05, 3.63) is 0 Å². The van der Waals surface area contributed by atoms with Crippen molar-refractivity contribution in [2.24, 2.45) is 0 Å². The Balaban J connectivity index is 1.64. The topological polar surface area (TPSA) is 105 Å². The highest BCUT2D eigenvalue weighted by atomic mass is 32.2. The summed E-state index contributed by atoms with van der Waals surface area (Å²) in [5, 5.41) is 5.92. The van der Waals surface area contributed by atoms with Gasteiger partial charge >= 0.3 is 6.09 Å². The molecule has 2 fully saturated rings. The first-order valence-electron chi connectivity index (χ1n) is 8.04. The Bertz CT molecular complexity index is 529. The number of rotatable bonds is 5. The minimum Gasteiger partial charge on any atom is -0.450 e. The number of piperidine rings is 1. The maximum absolute atomic E-state index is 11.9. The van der Waals surface area contributed by atoms with E-state index in [1.807, 2.05) is 0 Å². The molecule has 0 aromatic heterocycles. The van der Waals surface area contributed by atoms with Crippen LogP contribution in [0.15, 0.2) is 0 Å². The van der Waals surface area contributed by atoms with Gasteiger partial charge in [-0.1, -0.05) is 0 Å². The third-order valence-corrected chi connectivity index (χ3v) is 5.94. The van der Waals surface area contributed by atoms with E-state index >= 15 is 0 Å². The minimum absolute atomic E-state index is 0.0438. The van der Waals surface area contributed by atoms with E-state index in [-0.39, 0.29) is 42.1 Å². The second-order valence-electron chi connectivity index (χ2n) is 6.01. The smallest absolute Gasteiger partial charge is 0.409 e. The van der Waals surface area contributed by atoms with E-state index in [9.17, 15) is 18.0 Å². The van der Waals surface area contributed by atoms with Crippen molar-refractivity contribution in [2.75, 3.05) is 37.7 Å². The number of hydrogen-bond donors (Lipinski definition) is 2. The lowest BCUT2D eigenvalue weighted by molar-refractivity contribution is -0.121. The van der Waals surface area contributed by atoms with Gasteiger partial charge in [-0.25, -0.2) is 13.2 Å². The first-order valence-corrected chi connectivity index (χ1v) is 9.86. The van der Waals surface area contributed by atoms with E-state index in [0.29, 0.717) is 39.0 Å². The molecule has 0 radical (unpaired) electrons. The summed E-state index contributed by atoms with van der Waals surface area (Å²) in [6.45, 7) is 3.39. The fraction of sp³-hybridized carbons (Fsp3) is 0.857. The van der Waals surface area contributed by atoms with Gasteiger partial charge in [-0.15, -0.1) is 0 Å². The highest BCUT2D eigenvalue weighted by Crippen LogP contribution is 2.12. The molecule has 2 aliphatic rings. The number of nitrogens with one attached hydrogen (secondary N) is 2. The Morgan fingerprint density at radius 2 is 1.87 bits per heavy atom. The van der Waals surface area contributed by atoms with Gasteiger partial charge < -0.3 is 20.3 Å². The van der Waals surface area contributed by atoms with Crippen molar-refractivity contribution in [2.45, 2.75) is 38.3 Å². The van der Waals surface area contributed by atoms with Crippen molar-refractivity contribution < 1.29 is 22.7 Å². The number of ether oxygens (including phenoxy) is 1. The number of sulfone groups is 1. The summed E-state index contributed by atoms with van der Waals surface area (Å²) in [6.07, 6.45) is 1.65. The zero-order valence-corrected chi connectivity index (χ0v) is 14.2. The van der Waals surface area contributed by atoms with Gasteiger partial charge in [-0.2, -0.15) is 0 Å². The Hall–Kier alpha value is -1.35. The number of carbonyl (C=O) groups is 2. The molecule has 2 heterocycles. The van der Waals surface area contributed by atoms with Crippen LogP contribution in [0.2, 0.25) is 0 Å². The summed E-state index contributed by atoms with van der Waals surface area (Å²) >= 11 is 0. The molecule has 0 bridgehead atoms. The van der Waals surface area contributed by atoms with Gasteiger partial charge in [0.05, 0.1) is 24.7 Å². The Morgan fingerprint density at radius 3 is 2.43 bits per heavy atom. The predicted octanol–water partition coefficient (Wildman–Crippen LogP) is -0.500. The van der Waals surface area contributed by atoms with Crippen LogP contribution in [0.1, 0.15) is 26.2 Å². The number of carbonyl (C=O) groups excluding carboxylic acids is 2. The zero-order chi connectivity index (χ0) is 16.9. The monoisotopic (exact) mass is 347 g/mol. The van der Waals surface area contributed by atoms with Gasteiger partial charge in [0, 0.05) is 25.2 Å². The largest absolute Gasteiger partial charge is 0.450 e. The molecule has 2 saturated heterocycles. The van der Waals surface area contributed by atoms with Crippen LogP contribution in [0, 0.1) is 0 Å². The summed E-state index contributed by atoms with van der Waals surface area (Å²) in [5.41, 5.74) is 0. The normalized spacial score (nSPS) is 24.4. The summed E-state index contributed by atoms with van der Waals surface area (Å²) in [7, 11) is -2.93. The fourth-order valence-corrected chi connectivity index (χ4v) is 4.60. The van der Waals surface area contributed by atoms with E-state index < -0.39 is 9.84 Å². The maximum Gasteiger partial charge on any atom is 0.409 e. The molecule has 2 amide bonds. The van der Waals surface area contributed by atoms with Crippen LogP contribution in [0.5, 0.6) is 0 Å². The first-order chi connectivity index (χ1) is 10.9. The van der Waals surface area contributed by atoms with Gasteiger partial charge in [0.15, 0.2) is 9.84 Å². The summed E-state index contributed by atoms with van der Waals surface area (Å²) in [6, 6.07) is -0.0845. The number of nitrogens with zero attached hydrogens (tertiary/aromatic N) is 1. The van der Waals surface area contributed by atoms with Crippen LogP contribution in [0.25, 0.3) is 0 Å². The molecule has 1 unspecified atom stereocenters. The molecule has 0 aromatic carbocycles. The summed E-state index contributed by atoms with van der Waals surface area (Å²) in [5.74, 6) is 0.167. The highest BCUT2D eigenvalue weighted by molar-refractivity contribution is 7.91. The number of hydrogen-bond acceptors (Lipinski definition) is 6. The molecule has 132 valence electrons. The molecule has 0 aromatic rings. The minimum atomic E-state index is -2.93. The summed E-state index contributed by atoms with van der Waals surface area (Å²) in [4.78, 5) is 25.2. The number of likely N-dealkylation sites (tertiary alicyclic amines) is 1. The average molecular weight is 347 g/mol. The van der Waals surface area contributed by atoms with Gasteiger partial charge in [-0.3, -0.25) is 4.79 Å². The average Bonchev–Trinajstić information content (AvgIpc) is 2.85. The zero-order valence-electron chi connectivity index (χ0n) is 13.4. The molecule has 0 aliphatic carbocycles. The van der Waals surface area contributed by atoms with Crippen LogP contribution in [-0.2, 0) is 19.4 Å². The van der Waals surface area contributed by atoms with Crippen molar-refractivity contribution >= 4 is 21.8 Å². The quantitative estimate of drug-likeness (QED) is 0.695. The molecule has 2 N–H and O–H groups in total. The van der Waals surface area contributed by atoms with Gasteiger partial charge in [0.25, 0.3) is 0 Å². The number of amides is 2. The molecule has 9 heteroatoms. The molecule has 0 saturated carbocycles. The predicted molar refractivity (Wildman–Crippen MR) is 84.8 cm³/mol. The van der Waals surface area contributed by atoms with Gasteiger partial charge in [0.2, 0.25) is 5.91 Å². The van der Waals surface area contributed by atoms with Crippen LogP contribution in [0.4, 0.5) is 4.79 Å². The first kappa shape index (κ1) is 18.0. The molecule has 0 spiro atoms. The molecule has 8 nitrogen and oxygen atoms in total. The molecular formula is C14H25N3O5S. The van der Waals surface area contributed by atoms with Crippen LogP contribution < -0.4 is 10.6 Å². The molecule has 2 aliphatic heterocycles.